The lowest BCUT2D eigenvalue weighted by molar-refractivity contribution is -0.140. The van der Waals surface area contributed by atoms with Crippen molar-refractivity contribution in [2.75, 3.05) is 21.2 Å². The Balaban J connectivity index is 3.42. The third-order valence-electron chi connectivity index (χ3n) is 3.19. The van der Waals surface area contributed by atoms with Crippen LogP contribution in [-0.4, -0.2) is 43.2 Å². The molecule has 2 atom stereocenters. The highest BCUT2D eigenvalue weighted by Crippen LogP contribution is 2.34. The van der Waals surface area contributed by atoms with Gasteiger partial charge in [-0.15, -0.1) is 0 Å². The van der Waals surface area contributed by atoms with Gasteiger partial charge in [-0.3, -0.25) is 4.79 Å². The number of nitrogens with two attached hydrogens (primary N) is 1. The molecule has 0 radical (unpaired) electrons. The predicted molar refractivity (Wildman–Crippen MR) is 74.5 cm³/mol. The van der Waals surface area contributed by atoms with Gasteiger partial charge in [-0.25, -0.2) is 0 Å². The number of ether oxygens (including phenoxy) is 1. The molecule has 0 aromatic heterocycles. The van der Waals surface area contributed by atoms with Crippen LogP contribution in [0.25, 0.3) is 0 Å². The highest BCUT2D eigenvalue weighted by atomic mass is 16.5. The zero-order valence-corrected chi connectivity index (χ0v) is 12.1. The van der Waals surface area contributed by atoms with E-state index in [9.17, 15) is 9.90 Å². The molecule has 1 rings (SSSR count). The van der Waals surface area contributed by atoms with E-state index in [4.69, 9.17) is 10.5 Å². The van der Waals surface area contributed by atoms with Crippen LogP contribution in [0.5, 0.6) is 5.75 Å². The molecule has 19 heavy (non-hydrogen) atoms. The van der Waals surface area contributed by atoms with E-state index in [0.717, 1.165) is 16.7 Å². The smallest absolute Gasteiger partial charge is 0.322 e. The summed E-state index contributed by atoms with van der Waals surface area (Å²) >= 11 is 0. The monoisotopic (exact) mass is 266 g/mol. The molecule has 0 bridgehead atoms. The van der Waals surface area contributed by atoms with Crippen LogP contribution < -0.4 is 10.5 Å². The first-order chi connectivity index (χ1) is 8.79. The molecule has 0 heterocycles. The zero-order chi connectivity index (χ0) is 14.7. The summed E-state index contributed by atoms with van der Waals surface area (Å²) < 4.78 is 5.39. The molecule has 5 heteroatoms. The number of likely N-dealkylation sites (N-methyl/N-ethyl adjacent to an activating group) is 1. The molecule has 0 aliphatic heterocycles. The summed E-state index contributed by atoms with van der Waals surface area (Å²) in [7, 11) is 5.20. The van der Waals surface area contributed by atoms with E-state index in [2.05, 4.69) is 0 Å². The fourth-order valence-corrected chi connectivity index (χ4v) is 2.38. The summed E-state index contributed by atoms with van der Waals surface area (Å²) in [6.07, 6.45) is 0. The third-order valence-corrected chi connectivity index (χ3v) is 3.19. The Kier molecular flexibility index (Phi) is 4.91. The fraction of sp³-hybridized carbons (Fsp3) is 0.500. The van der Waals surface area contributed by atoms with Gasteiger partial charge in [0.25, 0.3) is 0 Å². The van der Waals surface area contributed by atoms with Crippen LogP contribution in [0.15, 0.2) is 12.1 Å². The van der Waals surface area contributed by atoms with Gasteiger partial charge in [0.1, 0.15) is 11.8 Å². The van der Waals surface area contributed by atoms with Crippen molar-refractivity contribution in [2.24, 2.45) is 5.73 Å². The van der Waals surface area contributed by atoms with Crippen LogP contribution in [0.4, 0.5) is 0 Å². The Morgan fingerprint density at radius 3 is 2.37 bits per heavy atom. The average molecular weight is 266 g/mol. The van der Waals surface area contributed by atoms with Crippen molar-refractivity contribution in [1.29, 1.82) is 0 Å². The number of methoxy groups -OCH3 is 1. The van der Waals surface area contributed by atoms with E-state index < -0.39 is 18.1 Å². The molecule has 3 N–H and O–H groups in total. The Bertz CT molecular complexity index is 472. The first-order valence-corrected chi connectivity index (χ1v) is 6.09. The van der Waals surface area contributed by atoms with E-state index in [0.29, 0.717) is 5.75 Å². The van der Waals surface area contributed by atoms with Crippen LogP contribution in [0.1, 0.15) is 22.7 Å². The van der Waals surface area contributed by atoms with Crippen molar-refractivity contribution in [1.82, 2.24) is 4.90 Å². The minimum atomic E-state index is -1.03. The van der Waals surface area contributed by atoms with Crippen LogP contribution in [0.2, 0.25) is 0 Å². The highest BCUT2D eigenvalue weighted by molar-refractivity contribution is 5.75. The van der Waals surface area contributed by atoms with Crippen molar-refractivity contribution in [3.63, 3.8) is 0 Å². The molecule has 5 nitrogen and oxygen atoms in total. The van der Waals surface area contributed by atoms with Crippen LogP contribution in [-0.2, 0) is 4.79 Å². The predicted octanol–water partition coefficient (Wildman–Crippen LogP) is 1.33. The molecule has 0 spiro atoms. The SMILES string of the molecule is COc1cc(C)cc(C)c1C(C(N)C(=O)O)N(C)C. The van der Waals surface area contributed by atoms with E-state index in [-0.39, 0.29) is 0 Å². The number of rotatable bonds is 5. The van der Waals surface area contributed by atoms with Crippen LogP contribution in [0.3, 0.4) is 0 Å². The normalized spacial score (nSPS) is 14.3. The van der Waals surface area contributed by atoms with Crippen molar-refractivity contribution in [2.45, 2.75) is 25.9 Å². The van der Waals surface area contributed by atoms with E-state index in [1.54, 1.807) is 12.0 Å². The van der Waals surface area contributed by atoms with Crippen LogP contribution in [0, 0.1) is 13.8 Å². The lowest BCUT2D eigenvalue weighted by atomic mass is 9.92. The molecule has 106 valence electrons. The fourth-order valence-electron chi connectivity index (χ4n) is 2.38. The average Bonchev–Trinajstić information content (AvgIpc) is 2.30. The topological polar surface area (TPSA) is 75.8 Å². The zero-order valence-electron chi connectivity index (χ0n) is 12.1. The number of nitrogens with zero attached hydrogens (tertiary/aromatic N) is 1. The number of aliphatic carboxylic acids is 1. The molecule has 0 aliphatic carbocycles. The third kappa shape index (κ3) is 3.24. The van der Waals surface area contributed by atoms with Gasteiger partial charge in [0.05, 0.1) is 13.2 Å². The maximum absolute atomic E-state index is 11.2. The number of carboxylic acid groups (broad SMARTS) is 1. The molecule has 0 fully saturated rings. The summed E-state index contributed by atoms with van der Waals surface area (Å²) in [5.41, 5.74) is 8.70. The molecule has 0 aliphatic rings. The van der Waals surface area contributed by atoms with Gasteiger partial charge >= 0.3 is 5.97 Å². The van der Waals surface area contributed by atoms with Crippen LogP contribution >= 0.6 is 0 Å². The molecule has 1 aromatic rings. The van der Waals surface area contributed by atoms with Crippen molar-refractivity contribution in [3.8, 4) is 5.75 Å². The van der Waals surface area contributed by atoms with E-state index in [1.807, 2.05) is 40.1 Å². The minimum absolute atomic E-state index is 0.437. The van der Waals surface area contributed by atoms with Gasteiger partial charge in [0.15, 0.2) is 0 Å². The number of carbonyl (C=O) groups is 1. The lowest BCUT2D eigenvalue weighted by Gasteiger charge is -2.30. The maximum Gasteiger partial charge on any atom is 0.322 e. The molecule has 0 saturated carbocycles. The largest absolute Gasteiger partial charge is 0.496 e. The molecule has 2 unspecified atom stereocenters. The highest BCUT2D eigenvalue weighted by Gasteiger charge is 2.31. The number of hydrogen-bond donors (Lipinski definition) is 2. The second-order valence-electron chi connectivity index (χ2n) is 4.97. The second kappa shape index (κ2) is 6.04. The Labute approximate surface area is 114 Å². The molecular formula is C14H22N2O3. The molecule has 0 saturated heterocycles. The van der Waals surface area contributed by atoms with Crippen molar-refractivity contribution < 1.29 is 14.6 Å². The Hall–Kier alpha value is -1.59. The van der Waals surface area contributed by atoms with Crippen molar-refractivity contribution in [3.05, 3.63) is 28.8 Å². The van der Waals surface area contributed by atoms with Gasteiger partial charge in [0.2, 0.25) is 0 Å². The van der Waals surface area contributed by atoms with Gasteiger partial charge in [-0.1, -0.05) is 6.07 Å². The summed E-state index contributed by atoms with van der Waals surface area (Å²) in [5.74, 6) is -0.353. The quantitative estimate of drug-likeness (QED) is 0.840. The molecule has 1 aromatic carbocycles. The standard InChI is InChI=1S/C14H22N2O3/c1-8-6-9(2)11(10(7-8)19-5)13(16(3)4)12(15)14(17)18/h6-7,12-13H,15H2,1-5H3,(H,17,18). The molecular weight excluding hydrogens is 244 g/mol. The van der Waals surface area contributed by atoms with E-state index >= 15 is 0 Å². The minimum Gasteiger partial charge on any atom is -0.496 e. The number of carboxylic acids is 1. The first kappa shape index (κ1) is 15.5. The number of benzene rings is 1. The Morgan fingerprint density at radius 2 is 1.95 bits per heavy atom. The van der Waals surface area contributed by atoms with Gasteiger partial charge < -0.3 is 20.5 Å². The maximum atomic E-state index is 11.2. The summed E-state index contributed by atoms with van der Waals surface area (Å²) in [6, 6.07) is 2.45. The van der Waals surface area contributed by atoms with Gasteiger partial charge in [0, 0.05) is 5.56 Å². The first-order valence-electron chi connectivity index (χ1n) is 6.09. The van der Waals surface area contributed by atoms with Gasteiger partial charge in [-0.05, 0) is 45.1 Å². The van der Waals surface area contributed by atoms with E-state index in [1.165, 1.54) is 0 Å². The second-order valence-corrected chi connectivity index (χ2v) is 4.97. The summed E-state index contributed by atoms with van der Waals surface area (Å²) in [6.45, 7) is 3.91. The lowest BCUT2D eigenvalue weighted by Crippen LogP contribution is -2.43. The van der Waals surface area contributed by atoms with Crippen molar-refractivity contribution >= 4 is 5.97 Å². The summed E-state index contributed by atoms with van der Waals surface area (Å²) in [4.78, 5) is 13.0. The Morgan fingerprint density at radius 1 is 1.37 bits per heavy atom. The van der Waals surface area contributed by atoms with Gasteiger partial charge in [-0.2, -0.15) is 0 Å². The number of aryl methyl sites for hydroxylation is 2. The molecule has 0 amide bonds. The summed E-state index contributed by atoms with van der Waals surface area (Å²) in [5, 5.41) is 9.18. The number of hydrogen-bond acceptors (Lipinski definition) is 4.